The van der Waals surface area contributed by atoms with Crippen LogP contribution in [0.15, 0.2) is 42.5 Å². The van der Waals surface area contributed by atoms with Crippen LogP contribution in [0, 0.1) is 5.82 Å². The molecule has 0 aromatic heterocycles. The highest BCUT2D eigenvalue weighted by Crippen LogP contribution is 2.28. The van der Waals surface area contributed by atoms with Crippen LogP contribution in [-0.2, 0) is 10.2 Å². The fraction of sp³-hybridized carbons (Fsp3) is 0.222. The molecule has 0 spiro atoms. The van der Waals surface area contributed by atoms with Gasteiger partial charge in [0, 0.05) is 16.7 Å². The summed E-state index contributed by atoms with van der Waals surface area (Å²) in [6.07, 6.45) is 1.69. The number of hydrogen-bond donors (Lipinski definition) is 0. The molecule has 107 valence electrons. The highest BCUT2D eigenvalue weighted by atomic mass is 19.1. The zero-order chi connectivity index (χ0) is 15.6. The molecule has 3 heteroatoms. The van der Waals surface area contributed by atoms with Gasteiger partial charge in [0.05, 0.1) is 0 Å². The van der Waals surface area contributed by atoms with Crippen LogP contribution in [0.3, 0.4) is 0 Å². The first kappa shape index (κ1) is 15.1. The molecule has 0 atom stereocenters. The molecule has 0 aliphatic carbocycles. The summed E-state index contributed by atoms with van der Waals surface area (Å²) in [5, 5.41) is 0. The van der Waals surface area contributed by atoms with E-state index in [1.54, 1.807) is 18.4 Å². The van der Waals surface area contributed by atoms with Crippen molar-refractivity contribution in [2.75, 3.05) is 0 Å². The Kier molecular flexibility index (Phi) is 4.03. The molecule has 0 fully saturated rings. The van der Waals surface area contributed by atoms with E-state index in [1.807, 2.05) is 32.9 Å². The number of hydrogen-bond acceptors (Lipinski definition) is 2. The fourth-order valence-corrected chi connectivity index (χ4v) is 2.27. The molecule has 0 saturated heterocycles. The zero-order valence-corrected chi connectivity index (χ0v) is 12.2. The second-order valence-electron chi connectivity index (χ2n) is 5.92. The number of carbonyl (C=O) groups excluding carboxylic acids is 2. The second kappa shape index (κ2) is 5.60. The average Bonchev–Trinajstić information content (AvgIpc) is 2.45. The van der Waals surface area contributed by atoms with E-state index in [2.05, 4.69) is 0 Å². The Labute approximate surface area is 123 Å². The molecular formula is C18H16FO2. The molecule has 0 heterocycles. The Bertz CT molecular complexity index is 697. The number of benzene rings is 2. The van der Waals surface area contributed by atoms with Crippen molar-refractivity contribution in [3.05, 3.63) is 70.5 Å². The maximum absolute atomic E-state index is 13.4. The number of ketones is 1. The predicted octanol–water partition coefficient (Wildman–Crippen LogP) is 3.81. The first-order valence-corrected chi connectivity index (χ1v) is 6.66. The van der Waals surface area contributed by atoms with E-state index < -0.39 is 5.82 Å². The molecule has 0 aliphatic rings. The third-order valence-electron chi connectivity index (χ3n) is 3.32. The van der Waals surface area contributed by atoms with Crippen LogP contribution in [0.2, 0.25) is 0 Å². The molecule has 2 aromatic carbocycles. The van der Waals surface area contributed by atoms with Crippen LogP contribution in [0.25, 0.3) is 0 Å². The Morgan fingerprint density at radius 1 is 1.05 bits per heavy atom. The molecule has 0 aliphatic heterocycles. The third kappa shape index (κ3) is 3.07. The monoisotopic (exact) mass is 283 g/mol. The molecular weight excluding hydrogens is 267 g/mol. The minimum Gasteiger partial charge on any atom is -0.289 e. The van der Waals surface area contributed by atoms with E-state index in [1.165, 1.54) is 6.07 Å². The Hall–Kier alpha value is -2.29. The largest absolute Gasteiger partial charge is 0.289 e. The van der Waals surface area contributed by atoms with Gasteiger partial charge in [0.2, 0.25) is 6.29 Å². The molecule has 0 saturated carbocycles. The lowest BCUT2D eigenvalue weighted by Crippen LogP contribution is -2.18. The third-order valence-corrected chi connectivity index (χ3v) is 3.32. The highest BCUT2D eigenvalue weighted by molar-refractivity contribution is 6.13. The summed E-state index contributed by atoms with van der Waals surface area (Å²) in [6.45, 7) is 5.99. The van der Waals surface area contributed by atoms with Crippen LogP contribution >= 0.6 is 0 Å². The van der Waals surface area contributed by atoms with Gasteiger partial charge in [-0.1, -0.05) is 45.0 Å². The Morgan fingerprint density at radius 2 is 1.71 bits per heavy atom. The summed E-state index contributed by atoms with van der Waals surface area (Å²) in [5.41, 5.74) is 1.22. The SMILES string of the molecule is CC(C)(C)c1ccccc1C(=O)c1cc(F)ccc1[C]=O. The van der Waals surface area contributed by atoms with E-state index in [0.29, 0.717) is 5.56 Å². The van der Waals surface area contributed by atoms with Crippen LogP contribution in [-0.4, -0.2) is 12.1 Å². The molecule has 2 aromatic rings. The van der Waals surface area contributed by atoms with Gasteiger partial charge >= 0.3 is 0 Å². The van der Waals surface area contributed by atoms with Gasteiger partial charge in [-0.2, -0.15) is 0 Å². The van der Waals surface area contributed by atoms with Crippen molar-refractivity contribution in [3.63, 3.8) is 0 Å². The van der Waals surface area contributed by atoms with Gasteiger partial charge in [-0.05, 0) is 29.2 Å². The van der Waals surface area contributed by atoms with Crippen molar-refractivity contribution < 1.29 is 14.0 Å². The maximum atomic E-state index is 13.4. The summed E-state index contributed by atoms with van der Waals surface area (Å²) < 4.78 is 13.4. The Balaban J connectivity index is 2.61. The lowest BCUT2D eigenvalue weighted by atomic mass is 9.81. The minimum atomic E-state index is -0.550. The topological polar surface area (TPSA) is 34.1 Å². The van der Waals surface area contributed by atoms with Gasteiger partial charge in [0.15, 0.2) is 5.78 Å². The van der Waals surface area contributed by atoms with Crippen molar-refractivity contribution in [1.29, 1.82) is 0 Å². The molecule has 0 bridgehead atoms. The zero-order valence-electron chi connectivity index (χ0n) is 12.2. The average molecular weight is 283 g/mol. The van der Waals surface area contributed by atoms with Gasteiger partial charge in [-0.15, -0.1) is 0 Å². The highest BCUT2D eigenvalue weighted by Gasteiger charge is 2.23. The Morgan fingerprint density at radius 3 is 2.33 bits per heavy atom. The van der Waals surface area contributed by atoms with Crippen LogP contribution in [0.5, 0.6) is 0 Å². The molecule has 1 radical (unpaired) electrons. The first-order chi connectivity index (χ1) is 9.84. The van der Waals surface area contributed by atoms with Gasteiger partial charge in [0.25, 0.3) is 0 Å². The molecule has 0 amide bonds. The smallest absolute Gasteiger partial charge is 0.234 e. The van der Waals surface area contributed by atoms with Gasteiger partial charge in [0.1, 0.15) is 5.82 Å². The summed E-state index contributed by atoms with van der Waals surface area (Å²) in [5.74, 6) is -0.913. The quantitative estimate of drug-likeness (QED) is 0.803. The van der Waals surface area contributed by atoms with Crippen molar-refractivity contribution in [2.45, 2.75) is 26.2 Å². The molecule has 0 N–H and O–H groups in total. The van der Waals surface area contributed by atoms with Crippen LogP contribution in [0.1, 0.15) is 47.8 Å². The van der Waals surface area contributed by atoms with E-state index in [-0.39, 0.29) is 22.3 Å². The standard InChI is InChI=1S/C18H16FO2/c1-18(2,3)16-7-5-4-6-14(16)17(21)15-10-13(19)9-8-12(15)11-20/h4-10H,1-3H3. The van der Waals surface area contributed by atoms with Crippen molar-refractivity contribution in [2.24, 2.45) is 0 Å². The van der Waals surface area contributed by atoms with Gasteiger partial charge in [-0.25, -0.2) is 4.39 Å². The van der Waals surface area contributed by atoms with Crippen molar-refractivity contribution in [3.8, 4) is 0 Å². The lowest BCUT2D eigenvalue weighted by Gasteiger charge is -2.22. The van der Waals surface area contributed by atoms with Crippen molar-refractivity contribution >= 4 is 12.1 Å². The van der Waals surface area contributed by atoms with Crippen LogP contribution in [0.4, 0.5) is 4.39 Å². The number of rotatable bonds is 3. The van der Waals surface area contributed by atoms with Crippen molar-refractivity contribution in [1.82, 2.24) is 0 Å². The minimum absolute atomic E-state index is 0.0432. The molecule has 21 heavy (non-hydrogen) atoms. The predicted molar refractivity (Wildman–Crippen MR) is 79.8 cm³/mol. The molecule has 2 nitrogen and oxygen atoms in total. The first-order valence-electron chi connectivity index (χ1n) is 6.66. The fourth-order valence-electron chi connectivity index (χ4n) is 2.27. The molecule has 0 unspecified atom stereocenters. The number of halogens is 1. The normalized spacial score (nSPS) is 11.2. The number of carbonyl (C=O) groups is 1. The summed E-state index contributed by atoms with van der Waals surface area (Å²) in [4.78, 5) is 23.7. The second-order valence-corrected chi connectivity index (χ2v) is 5.92. The summed E-state index contributed by atoms with van der Waals surface area (Å²) in [7, 11) is 0. The summed E-state index contributed by atoms with van der Waals surface area (Å²) >= 11 is 0. The van der Waals surface area contributed by atoms with E-state index >= 15 is 0 Å². The van der Waals surface area contributed by atoms with E-state index in [4.69, 9.17) is 0 Å². The van der Waals surface area contributed by atoms with E-state index in [9.17, 15) is 14.0 Å². The van der Waals surface area contributed by atoms with E-state index in [0.717, 1.165) is 17.7 Å². The van der Waals surface area contributed by atoms with Crippen LogP contribution < -0.4 is 0 Å². The van der Waals surface area contributed by atoms with Gasteiger partial charge in [-0.3, -0.25) is 9.59 Å². The molecule has 2 rings (SSSR count). The maximum Gasteiger partial charge on any atom is 0.234 e. The lowest BCUT2D eigenvalue weighted by molar-refractivity contribution is 0.103. The summed E-state index contributed by atoms with van der Waals surface area (Å²) in [6, 6.07) is 10.7. The van der Waals surface area contributed by atoms with Gasteiger partial charge < -0.3 is 0 Å².